The smallest absolute Gasteiger partial charge is 0.387 e. The SMILES string of the molecule is N=[N+]=C(C=Cc1ccc(Cl)c(Cl)c1)C(=O)[O-]. The van der Waals surface area contributed by atoms with Gasteiger partial charge in [-0.25, -0.2) is 0 Å². The molecule has 1 aromatic rings. The lowest BCUT2D eigenvalue weighted by molar-refractivity contribution is -0.298. The van der Waals surface area contributed by atoms with E-state index in [1.165, 1.54) is 6.08 Å². The molecule has 4 nitrogen and oxygen atoms in total. The molecule has 0 aliphatic carbocycles. The van der Waals surface area contributed by atoms with Crippen LogP contribution >= 0.6 is 23.2 Å². The summed E-state index contributed by atoms with van der Waals surface area (Å²) in [5.41, 5.74) is 6.78. The normalized spacial score (nSPS) is 10.1. The van der Waals surface area contributed by atoms with Gasteiger partial charge in [0.2, 0.25) is 0 Å². The second-order valence-electron chi connectivity index (χ2n) is 2.79. The lowest BCUT2D eigenvalue weighted by Crippen LogP contribution is -2.30. The van der Waals surface area contributed by atoms with E-state index >= 15 is 0 Å². The maximum absolute atomic E-state index is 10.4. The number of rotatable bonds is 3. The Hall–Kier alpha value is -1.61. The summed E-state index contributed by atoms with van der Waals surface area (Å²) in [6, 6.07) is 4.80. The average molecular weight is 257 g/mol. The summed E-state index contributed by atoms with van der Waals surface area (Å²) in [6.45, 7) is 0. The Kier molecular flexibility index (Phi) is 4.26. The van der Waals surface area contributed by atoms with Crippen LogP contribution in [0.3, 0.4) is 0 Å². The summed E-state index contributed by atoms with van der Waals surface area (Å²) in [5, 5.41) is 11.2. The third-order valence-electron chi connectivity index (χ3n) is 1.71. The highest BCUT2D eigenvalue weighted by Gasteiger charge is 2.06. The summed E-state index contributed by atoms with van der Waals surface area (Å²) in [4.78, 5) is 13.2. The van der Waals surface area contributed by atoms with Gasteiger partial charge in [-0.05, 0) is 23.8 Å². The van der Waals surface area contributed by atoms with E-state index in [1.807, 2.05) is 0 Å². The van der Waals surface area contributed by atoms with Crippen molar-refractivity contribution in [3.8, 4) is 0 Å². The first-order valence-corrected chi connectivity index (χ1v) is 4.89. The number of carboxylic acid groups (broad SMARTS) is 1. The summed E-state index contributed by atoms with van der Waals surface area (Å²) in [6.07, 6.45) is 2.60. The lowest BCUT2D eigenvalue weighted by atomic mass is 10.2. The van der Waals surface area contributed by atoms with Crippen molar-refractivity contribution < 1.29 is 14.7 Å². The molecule has 0 saturated carbocycles. The van der Waals surface area contributed by atoms with E-state index in [2.05, 4.69) is 4.79 Å². The first-order chi connectivity index (χ1) is 7.54. The Bertz CT molecular complexity index is 506. The Labute approximate surface area is 101 Å². The number of benzene rings is 1. The van der Waals surface area contributed by atoms with E-state index in [-0.39, 0.29) is 0 Å². The average Bonchev–Trinajstić information content (AvgIpc) is 2.23. The topological polar surface area (TPSA) is 78.1 Å². The fourth-order valence-corrected chi connectivity index (χ4v) is 1.25. The number of carboxylic acids is 1. The van der Waals surface area contributed by atoms with Gasteiger partial charge in [0, 0.05) is 6.08 Å². The van der Waals surface area contributed by atoms with Crippen LogP contribution in [0.1, 0.15) is 5.56 Å². The van der Waals surface area contributed by atoms with E-state index < -0.39 is 11.7 Å². The molecular weight excluding hydrogens is 251 g/mol. The molecule has 0 aliphatic rings. The molecule has 6 heteroatoms. The molecule has 0 amide bonds. The highest BCUT2D eigenvalue weighted by molar-refractivity contribution is 6.42. The van der Waals surface area contributed by atoms with E-state index in [1.54, 1.807) is 18.2 Å². The molecule has 1 rings (SSSR count). The molecule has 16 heavy (non-hydrogen) atoms. The van der Waals surface area contributed by atoms with Gasteiger partial charge in [0.05, 0.1) is 20.4 Å². The number of carbonyl (C=O) groups excluding carboxylic acids is 1. The molecule has 0 aliphatic heterocycles. The number of carbonyl (C=O) groups is 1. The van der Waals surface area contributed by atoms with Gasteiger partial charge in [0.25, 0.3) is 0 Å². The predicted octanol–water partition coefficient (Wildman–Crippen LogP) is 1.44. The summed E-state index contributed by atoms with van der Waals surface area (Å²) >= 11 is 11.5. The Morgan fingerprint density at radius 1 is 1.38 bits per heavy atom. The largest absolute Gasteiger partial charge is 0.538 e. The van der Waals surface area contributed by atoms with E-state index in [0.717, 1.165) is 6.08 Å². The number of nitrogens with zero attached hydrogens (tertiary/aromatic N) is 1. The maximum atomic E-state index is 10.4. The zero-order chi connectivity index (χ0) is 12.1. The number of hydrogen-bond acceptors (Lipinski definition) is 3. The van der Waals surface area contributed by atoms with E-state index in [9.17, 15) is 9.90 Å². The van der Waals surface area contributed by atoms with Crippen molar-refractivity contribution in [1.29, 1.82) is 5.53 Å². The molecule has 0 saturated heterocycles. The van der Waals surface area contributed by atoms with Crippen LogP contribution < -0.4 is 5.11 Å². The second-order valence-corrected chi connectivity index (χ2v) is 3.61. The summed E-state index contributed by atoms with van der Waals surface area (Å²) in [5.74, 6) is -1.51. The molecule has 0 atom stereocenters. The van der Waals surface area contributed by atoms with Crippen molar-refractivity contribution >= 4 is 41.0 Å². The van der Waals surface area contributed by atoms with Crippen LogP contribution in [0.5, 0.6) is 0 Å². The molecule has 0 radical (unpaired) electrons. The Morgan fingerprint density at radius 2 is 2.06 bits per heavy atom. The highest BCUT2D eigenvalue weighted by atomic mass is 35.5. The number of aliphatic carboxylic acids is 1. The van der Waals surface area contributed by atoms with Crippen molar-refractivity contribution in [2.45, 2.75) is 0 Å². The summed E-state index contributed by atoms with van der Waals surface area (Å²) in [7, 11) is 0. The monoisotopic (exact) mass is 256 g/mol. The first-order valence-electron chi connectivity index (χ1n) is 4.13. The van der Waals surface area contributed by atoms with Gasteiger partial charge in [-0.15, -0.1) is 0 Å². The fraction of sp³-hybridized carbons (Fsp3) is 0. The molecule has 0 bridgehead atoms. The Balaban J connectivity index is 2.96. The minimum Gasteiger partial charge on any atom is -0.538 e. The van der Waals surface area contributed by atoms with Gasteiger partial charge in [-0.3, -0.25) is 0 Å². The molecule has 0 spiro atoms. The Morgan fingerprint density at radius 3 is 2.56 bits per heavy atom. The zero-order valence-corrected chi connectivity index (χ0v) is 9.42. The fourth-order valence-electron chi connectivity index (χ4n) is 0.942. The van der Waals surface area contributed by atoms with Crippen molar-refractivity contribution in [3.63, 3.8) is 0 Å². The van der Waals surface area contributed by atoms with Crippen LogP contribution in [0.25, 0.3) is 6.08 Å². The summed E-state index contributed by atoms with van der Waals surface area (Å²) < 4.78 is 0. The van der Waals surface area contributed by atoms with Gasteiger partial charge < -0.3 is 9.90 Å². The number of nitrogens with one attached hydrogen (secondary N) is 1. The molecule has 0 unspecified atom stereocenters. The molecule has 0 heterocycles. The van der Waals surface area contributed by atoms with Crippen LogP contribution in [0.4, 0.5) is 0 Å². The molecule has 82 valence electrons. The van der Waals surface area contributed by atoms with Gasteiger partial charge in [-0.1, -0.05) is 29.3 Å². The van der Waals surface area contributed by atoms with Crippen molar-refractivity contribution in [2.75, 3.05) is 0 Å². The van der Waals surface area contributed by atoms with Crippen molar-refractivity contribution in [1.82, 2.24) is 0 Å². The third kappa shape index (κ3) is 3.21. The second kappa shape index (κ2) is 5.47. The van der Waals surface area contributed by atoms with Crippen LogP contribution in [0, 0.1) is 5.53 Å². The molecule has 1 aromatic carbocycles. The van der Waals surface area contributed by atoms with Crippen LogP contribution in [-0.2, 0) is 4.79 Å². The molecule has 0 aromatic heterocycles. The zero-order valence-electron chi connectivity index (χ0n) is 7.91. The molecule has 1 N–H and O–H groups in total. The lowest BCUT2D eigenvalue weighted by Gasteiger charge is -1.96. The predicted molar refractivity (Wildman–Crippen MR) is 58.5 cm³/mol. The standard InChI is InChI=1S/C10H6Cl2N2O2/c11-7-3-1-6(5-8(7)12)2-4-9(14-13)10(15)16/h1-5,13H. The van der Waals surface area contributed by atoms with Crippen LogP contribution in [0.15, 0.2) is 24.3 Å². The van der Waals surface area contributed by atoms with Crippen molar-refractivity contribution in [3.05, 3.63) is 39.9 Å². The van der Waals surface area contributed by atoms with Gasteiger partial charge in [-0.2, -0.15) is 0 Å². The number of halogens is 2. The quantitative estimate of drug-likeness (QED) is 0.505. The van der Waals surface area contributed by atoms with Gasteiger partial charge >= 0.3 is 5.71 Å². The highest BCUT2D eigenvalue weighted by Crippen LogP contribution is 2.22. The van der Waals surface area contributed by atoms with Gasteiger partial charge in [0.15, 0.2) is 5.97 Å². The third-order valence-corrected chi connectivity index (χ3v) is 2.45. The van der Waals surface area contributed by atoms with E-state index in [4.69, 9.17) is 28.7 Å². The van der Waals surface area contributed by atoms with Crippen LogP contribution in [0.2, 0.25) is 10.0 Å². The van der Waals surface area contributed by atoms with E-state index in [0.29, 0.717) is 15.6 Å². The minimum absolute atomic E-state index is 0.363. The molecular formula is C10H6Cl2N2O2. The first kappa shape index (κ1) is 12.5. The van der Waals surface area contributed by atoms with Crippen LogP contribution in [-0.4, -0.2) is 16.5 Å². The molecule has 0 fully saturated rings. The van der Waals surface area contributed by atoms with Gasteiger partial charge in [0.1, 0.15) is 0 Å². The number of hydrogen-bond donors (Lipinski definition) is 1. The van der Waals surface area contributed by atoms with Crippen molar-refractivity contribution in [2.24, 2.45) is 0 Å². The minimum atomic E-state index is -1.51. The maximum Gasteiger partial charge on any atom is 0.387 e.